The van der Waals surface area contributed by atoms with Crippen molar-refractivity contribution in [3.8, 4) is 5.75 Å². The van der Waals surface area contributed by atoms with E-state index in [9.17, 15) is 4.79 Å². The number of hydrogen-bond acceptors (Lipinski definition) is 5. The highest BCUT2D eigenvalue weighted by atomic mass is 35.5. The van der Waals surface area contributed by atoms with Crippen molar-refractivity contribution in [2.75, 3.05) is 38.2 Å². The molecule has 0 N–H and O–H groups in total. The van der Waals surface area contributed by atoms with E-state index >= 15 is 0 Å². The lowest BCUT2D eigenvalue weighted by atomic mass is 10.1. The number of rotatable bonds is 4. The van der Waals surface area contributed by atoms with Crippen LogP contribution < -0.4 is 9.64 Å². The van der Waals surface area contributed by atoms with Crippen LogP contribution >= 0.6 is 22.9 Å². The lowest BCUT2D eigenvalue weighted by molar-refractivity contribution is -0.130. The lowest BCUT2D eigenvalue weighted by Crippen LogP contribution is -2.49. The second-order valence-corrected chi connectivity index (χ2v) is 8.33. The van der Waals surface area contributed by atoms with Crippen molar-refractivity contribution in [3.05, 3.63) is 52.5 Å². The molecule has 0 aliphatic carbocycles. The SMILES string of the molecule is COc1cccc(CC(=O)N2CCN(c3nc4c(C)c(Cl)ccc4s3)CC2)c1. The van der Waals surface area contributed by atoms with E-state index in [0.717, 1.165) is 50.3 Å². The Kier molecular flexibility index (Phi) is 5.42. The molecular formula is C21H22ClN3O2S. The summed E-state index contributed by atoms with van der Waals surface area (Å²) >= 11 is 7.90. The van der Waals surface area contributed by atoms with E-state index in [1.165, 1.54) is 0 Å². The average molecular weight is 416 g/mol. The Morgan fingerprint density at radius 2 is 2.00 bits per heavy atom. The molecule has 0 atom stereocenters. The fourth-order valence-corrected chi connectivity index (χ4v) is 4.67. The quantitative estimate of drug-likeness (QED) is 0.642. The number of thiazole rings is 1. The normalized spacial score (nSPS) is 14.5. The minimum atomic E-state index is 0.153. The minimum Gasteiger partial charge on any atom is -0.497 e. The predicted molar refractivity (Wildman–Crippen MR) is 115 cm³/mol. The van der Waals surface area contributed by atoms with Crippen LogP contribution in [0, 0.1) is 6.92 Å². The summed E-state index contributed by atoms with van der Waals surface area (Å²) in [6.45, 7) is 4.99. The van der Waals surface area contributed by atoms with Gasteiger partial charge in [-0.05, 0) is 42.3 Å². The molecule has 146 valence electrons. The highest BCUT2D eigenvalue weighted by molar-refractivity contribution is 7.22. The second kappa shape index (κ2) is 7.97. The maximum Gasteiger partial charge on any atom is 0.227 e. The molecule has 1 amide bonds. The predicted octanol–water partition coefficient (Wildman–Crippen LogP) is 4.16. The van der Waals surface area contributed by atoms with Gasteiger partial charge < -0.3 is 14.5 Å². The molecule has 0 saturated carbocycles. The molecule has 1 aromatic heterocycles. The molecule has 1 fully saturated rings. The number of halogens is 1. The summed E-state index contributed by atoms with van der Waals surface area (Å²) < 4.78 is 6.39. The molecule has 28 heavy (non-hydrogen) atoms. The maximum atomic E-state index is 12.7. The summed E-state index contributed by atoms with van der Waals surface area (Å²) in [7, 11) is 1.64. The number of amides is 1. The van der Waals surface area contributed by atoms with Crippen molar-refractivity contribution in [1.82, 2.24) is 9.88 Å². The van der Waals surface area contributed by atoms with Gasteiger partial charge in [-0.1, -0.05) is 35.1 Å². The van der Waals surface area contributed by atoms with Crippen LogP contribution in [-0.2, 0) is 11.2 Å². The Morgan fingerprint density at radius 3 is 2.75 bits per heavy atom. The smallest absolute Gasteiger partial charge is 0.227 e. The standard InChI is InChI=1S/C21H22ClN3O2S/c1-14-17(22)6-7-18-20(14)23-21(28-18)25-10-8-24(9-11-25)19(26)13-15-4-3-5-16(12-15)27-2/h3-7,12H,8-11,13H2,1-2H3. The number of ether oxygens (including phenoxy) is 1. The Bertz CT molecular complexity index is 1010. The number of nitrogens with zero attached hydrogens (tertiary/aromatic N) is 3. The number of carbonyl (C=O) groups excluding carboxylic acids is 1. The molecule has 2 aromatic carbocycles. The Hall–Kier alpha value is -2.31. The zero-order chi connectivity index (χ0) is 19.7. The summed E-state index contributed by atoms with van der Waals surface area (Å²) in [4.78, 5) is 21.7. The summed E-state index contributed by atoms with van der Waals surface area (Å²) in [6.07, 6.45) is 0.399. The fraction of sp³-hybridized carbons (Fsp3) is 0.333. The van der Waals surface area contributed by atoms with Gasteiger partial charge in [-0.3, -0.25) is 4.79 Å². The Balaban J connectivity index is 1.40. The van der Waals surface area contributed by atoms with E-state index in [1.54, 1.807) is 18.4 Å². The van der Waals surface area contributed by atoms with Gasteiger partial charge in [0.05, 0.1) is 23.7 Å². The van der Waals surface area contributed by atoms with Crippen molar-refractivity contribution in [2.24, 2.45) is 0 Å². The van der Waals surface area contributed by atoms with Gasteiger partial charge in [0.2, 0.25) is 5.91 Å². The van der Waals surface area contributed by atoms with E-state index in [1.807, 2.05) is 48.2 Å². The van der Waals surface area contributed by atoms with Crippen molar-refractivity contribution in [3.63, 3.8) is 0 Å². The first-order valence-electron chi connectivity index (χ1n) is 9.26. The van der Waals surface area contributed by atoms with E-state index in [-0.39, 0.29) is 5.91 Å². The molecule has 0 unspecified atom stereocenters. The van der Waals surface area contributed by atoms with Crippen LogP contribution in [0.4, 0.5) is 5.13 Å². The number of aromatic nitrogens is 1. The van der Waals surface area contributed by atoms with Crippen LogP contribution in [-0.4, -0.2) is 49.1 Å². The number of benzene rings is 2. The first-order chi connectivity index (χ1) is 13.5. The first-order valence-corrected chi connectivity index (χ1v) is 10.5. The number of piperazine rings is 1. The van der Waals surface area contributed by atoms with Crippen LogP contribution in [0.5, 0.6) is 5.75 Å². The zero-order valence-corrected chi connectivity index (χ0v) is 17.5. The summed E-state index contributed by atoms with van der Waals surface area (Å²) in [5, 5.41) is 1.75. The lowest BCUT2D eigenvalue weighted by Gasteiger charge is -2.34. The zero-order valence-electron chi connectivity index (χ0n) is 15.9. The average Bonchev–Trinajstić information content (AvgIpc) is 3.16. The Labute approximate surface area is 173 Å². The van der Waals surface area contributed by atoms with E-state index in [2.05, 4.69) is 4.90 Å². The van der Waals surface area contributed by atoms with Crippen LogP contribution in [0.3, 0.4) is 0 Å². The topological polar surface area (TPSA) is 45.7 Å². The third-order valence-electron chi connectivity index (χ3n) is 5.13. The molecule has 1 aliphatic rings. The Morgan fingerprint density at radius 1 is 1.21 bits per heavy atom. The molecule has 1 aliphatic heterocycles. The molecule has 1 saturated heterocycles. The first kappa shape index (κ1) is 19.0. The monoisotopic (exact) mass is 415 g/mol. The third-order valence-corrected chi connectivity index (χ3v) is 6.62. The van der Waals surface area contributed by atoms with Crippen LogP contribution in [0.2, 0.25) is 5.02 Å². The number of carbonyl (C=O) groups is 1. The molecule has 0 bridgehead atoms. The van der Waals surface area contributed by atoms with Crippen molar-refractivity contribution < 1.29 is 9.53 Å². The van der Waals surface area contributed by atoms with Crippen LogP contribution in [0.25, 0.3) is 10.2 Å². The molecule has 0 spiro atoms. The van der Waals surface area contributed by atoms with E-state index in [0.29, 0.717) is 19.5 Å². The number of fused-ring (bicyclic) bond motifs is 1. The van der Waals surface area contributed by atoms with Gasteiger partial charge >= 0.3 is 0 Å². The molecular weight excluding hydrogens is 394 g/mol. The van der Waals surface area contributed by atoms with Gasteiger partial charge in [-0.2, -0.15) is 0 Å². The number of aryl methyl sites for hydroxylation is 1. The number of anilines is 1. The second-order valence-electron chi connectivity index (χ2n) is 6.91. The highest BCUT2D eigenvalue weighted by Crippen LogP contribution is 2.33. The van der Waals surface area contributed by atoms with Gasteiger partial charge in [-0.25, -0.2) is 4.98 Å². The summed E-state index contributed by atoms with van der Waals surface area (Å²) in [6, 6.07) is 11.6. The van der Waals surface area contributed by atoms with Crippen LogP contribution in [0.1, 0.15) is 11.1 Å². The fourth-order valence-electron chi connectivity index (χ4n) is 3.44. The van der Waals surface area contributed by atoms with Crippen molar-refractivity contribution >= 4 is 44.2 Å². The largest absolute Gasteiger partial charge is 0.497 e. The van der Waals surface area contributed by atoms with Crippen LogP contribution in [0.15, 0.2) is 36.4 Å². The molecule has 3 aromatic rings. The van der Waals surface area contributed by atoms with Gasteiger partial charge in [0.25, 0.3) is 0 Å². The van der Waals surface area contributed by atoms with E-state index < -0.39 is 0 Å². The number of hydrogen-bond donors (Lipinski definition) is 0. The van der Waals surface area contributed by atoms with Gasteiger partial charge in [0, 0.05) is 31.2 Å². The van der Waals surface area contributed by atoms with Gasteiger partial charge in [-0.15, -0.1) is 0 Å². The van der Waals surface area contributed by atoms with Crippen molar-refractivity contribution in [2.45, 2.75) is 13.3 Å². The highest BCUT2D eigenvalue weighted by Gasteiger charge is 2.23. The molecule has 0 radical (unpaired) electrons. The molecule has 7 heteroatoms. The van der Waals surface area contributed by atoms with Gasteiger partial charge in [0.1, 0.15) is 5.75 Å². The minimum absolute atomic E-state index is 0.153. The van der Waals surface area contributed by atoms with Gasteiger partial charge in [0.15, 0.2) is 5.13 Å². The maximum absolute atomic E-state index is 12.7. The molecule has 4 rings (SSSR count). The van der Waals surface area contributed by atoms with Crippen molar-refractivity contribution in [1.29, 1.82) is 0 Å². The summed E-state index contributed by atoms with van der Waals surface area (Å²) in [5.74, 6) is 0.932. The third kappa shape index (κ3) is 3.80. The number of methoxy groups -OCH3 is 1. The van der Waals surface area contributed by atoms with E-state index in [4.69, 9.17) is 21.3 Å². The molecule has 2 heterocycles. The molecule has 5 nitrogen and oxygen atoms in total. The summed E-state index contributed by atoms with van der Waals surface area (Å²) in [5.41, 5.74) is 2.98.